The number of rotatable bonds is 5. The Kier molecular flexibility index (Phi) is 3.94. The molecule has 1 aromatic rings. The Morgan fingerprint density at radius 2 is 2.39 bits per heavy atom. The molecule has 0 saturated heterocycles. The number of nitrogens with zero attached hydrogens (tertiary/aromatic N) is 2. The second-order valence-corrected chi connectivity index (χ2v) is 4.06. The molecule has 1 atom stereocenters. The highest BCUT2D eigenvalue weighted by atomic mass is 16.7. The predicted octanol–water partition coefficient (Wildman–Crippen LogP) is -0.0173. The monoisotopic (exact) mass is 248 g/mol. The summed E-state index contributed by atoms with van der Waals surface area (Å²) in [5.41, 5.74) is 1.04. The summed E-state index contributed by atoms with van der Waals surface area (Å²) in [6.45, 7) is 3.02. The van der Waals surface area contributed by atoms with Gasteiger partial charge in [0.1, 0.15) is 0 Å². The summed E-state index contributed by atoms with van der Waals surface area (Å²) in [6, 6.07) is 5.82. The van der Waals surface area contributed by atoms with Gasteiger partial charge in [-0.25, -0.2) is 4.99 Å². The number of carbonyl (C=O) groups excluding carboxylic acids is 1. The molecule has 1 aromatic carbocycles. The molecule has 0 saturated carbocycles. The molecule has 1 aliphatic heterocycles. The van der Waals surface area contributed by atoms with Crippen molar-refractivity contribution in [2.45, 2.75) is 19.9 Å². The molecule has 1 aliphatic rings. The first-order chi connectivity index (χ1) is 8.72. The lowest BCUT2D eigenvalue weighted by Crippen LogP contribution is -2.34. The molecule has 0 radical (unpaired) electrons. The van der Waals surface area contributed by atoms with Crippen LogP contribution in [-0.2, 0) is 20.8 Å². The van der Waals surface area contributed by atoms with E-state index in [1.807, 2.05) is 25.1 Å². The Morgan fingerprint density at radius 1 is 1.56 bits per heavy atom. The largest absolute Gasteiger partial charge is 0.452 e. The molecular formula is C13H16N2O3. The van der Waals surface area contributed by atoms with Crippen molar-refractivity contribution in [1.29, 1.82) is 0 Å². The van der Waals surface area contributed by atoms with Crippen LogP contribution in [0.3, 0.4) is 0 Å². The summed E-state index contributed by atoms with van der Waals surface area (Å²) in [7, 11) is 1.74. The Labute approximate surface area is 105 Å². The van der Waals surface area contributed by atoms with E-state index in [0.29, 0.717) is 13.2 Å². The van der Waals surface area contributed by atoms with Gasteiger partial charge in [-0.15, -0.1) is 0 Å². The fourth-order valence-corrected chi connectivity index (χ4v) is 1.73. The molecule has 0 bridgehead atoms. The summed E-state index contributed by atoms with van der Waals surface area (Å²) in [4.78, 5) is 16.5. The second kappa shape index (κ2) is 5.64. The van der Waals surface area contributed by atoms with Crippen molar-refractivity contribution in [2.75, 3.05) is 13.7 Å². The van der Waals surface area contributed by atoms with E-state index >= 15 is 0 Å². The maximum Gasteiger partial charge on any atom is 0.301 e. The van der Waals surface area contributed by atoms with Crippen LogP contribution < -0.4 is 10.6 Å². The molecule has 0 aliphatic carbocycles. The molecular weight excluding hydrogens is 232 g/mol. The first kappa shape index (κ1) is 12.6. The molecule has 1 unspecified atom stereocenters. The fraction of sp³-hybridized carbons (Fsp3) is 0.385. The van der Waals surface area contributed by atoms with Gasteiger partial charge in [0.15, 0.2) is 0 Å². The van der Waals surface area contributed by atoms with Crippen molar-refractivity contribution in [3.63, 3.8) is 0 Å². The van der Waals surface area contributed by atoms with Crippen LogP contribution in [0.5, 0.6) is 0 Å². The topological polar surface area (TPSA) is 51.1 Å². The maximum atomic E-state index is 10.6. The van der Waals surface area contributed by atoms with Gasteiger partial charge in [-0.2, -0.15) is 0 Å². The van der Waals surface area contributed by atoms with E-state index in [1.54, 1.807) is 18.2 Å². The molecule has 0 aromatic heterocycles. The Balaban J connectivity index is 2.24. The second-order valence-electron chi connectivity index (χ2n) is 4.06. The number of hydrogen-bond donors (Lipinski definition) is 0. The number of benzene rings is 1. The molecule has 0 spiro atoms. The van der Waals surface area contributed by atoms with Crippen molar-refractivity contribution in [1.82, 2.24) is 4.90 Å². The zero-order valence-electron chi connectivity index (χ0n) is 10.5. The highest BCUT2D eigenvalue weighted by Gasteiger charge is 2.09. The van der Waals surface area contributed by atoms with Crippen molar-refractivity contribution >= 4 is 12.7 Å². The molecule has 1 heterocycles. The van der Waals surface area contributed by atoms with Crippen LogP contribution in [0, 0.1) is 0 Å². The van der Waals surface area contributed by atoms with Gasteiger partial charge in [0.25, 0.3) is 0 Å². The summed E-state index contributed by atoms with van der Waals surface area (Å²) in [6.07, 6.45) is 1.90. The lowest BCUT2D eigenvalue weighted by Gasteiger charge is -2.15. The molecule has 96 valence electrons. The van der Waals surface area contributed by atoms with Gasteiger partial charge >= 0.3 is 6.41 Å². The summed E-state index contributed by atoms with van der Waals surface area (Å²) in [5.74, 6) is 0. The third-order valence-corrected chi connectivity index (χ3v) is 2.57. The Bertz CT molecular complexity index is 542. The Hall–Kier alpha value is -1.88. The van der Waals surface area contributed by atoms with Gasteiger partial charge in [0.2, 0.25) is 6.41 Å². The summed E-state index contributed by atoms with van der Waals surface area (Å²) in [5, 5.41) is 1.75. The average Bonchev–Trinajstić information content (AvgIpc) is 2.39. The van der Waals surface area contributed by atoms with E-state index < -0.39 is 6.41 Å². The zero-order valence-corrected chi connectivity index (χ0v) is 10.5. The van der Waals surface area contributed by atoms with Gasteiger partial charge in [-0.1, -0.05) is 6.07 Å². The standard InChI is InChI=1S/C13H16N2O3/c1-3-17-13-14-12-5-4-10(7-15(2)9-16)6-11(12)8-18-13/h4-6,8-9,13H,3,7H2,1-2H3. The molecule has 0 fully saturated rings. The van der Waals surface area contributed by atoms with E-state index in [0.717, 1.165) is 22.5 Å². The third kappa shape index (κ3) is 2.87. The van der Waals surface area contributed by atoms with Crippen LogP contribution >= 0.6 is 0 Å². The SMILES string of the molecule is CCOC1N=c2ccc(CN(C)C=O)cc2=CO1. The maximum absolute atomic E-state index is 10.6. The number of carbonyl (C=O) groups is 1. The van der Waals surface area contributed by atoms with E-state index in [9.17, 15) is 4.79 Å². The van der Waals surface area contributed by atoms with Crippen LogP contribution in [0.25, 0.3) is 6.26 Å². The van der Waals surface area contributed by atoms with Crippen LogP contribution in [0.15, 0.2) is 23.2 Å². The highest BCUT2D eigenvalue weighted by Crippen LogP contribution is 2.01. The lowest BCUT2D eigenvalue weighted by atomic mass is 10.2. The van der Waals surface area contributed by atoms with Crippen molar-refractivity contribution < 1.29 is 14.3 Å². The average molecular weight is 248 g/mol. The normalized spacial score (nSPS) is 16.9. The molecule has 1 amide bonds. The number of amides is 1. The van der Waals surface area contributed by atoms with Gasteiger partial charge < -0.3 is 14.4 Å². The third-order valence-electron chi connectivity index (χ3n) is 2.57. The van der Waals surface area contributed by atoms with Crippen LogP contribution in [0.4, 0.5) is 0 Å². The van der Waals surface area contributed by atoms with Crippen LogP contribution in [0.2, 0.25) is 0 Å². The van der Waals surface area contributed by atoms with Gasteiger partial charge in [-0.05, 0) is 24.6 Å². The quantitative estimate of drug-likeness (QED) is 0.688. The minimum atomic E-state index is -0.550. The van der Waals surface area contributed by atoms with Gasteiger partial charge in [0, 0.05) is 25.4 Å². The first-order valence-corrected chi connectivity index (χ1v) is 5.82. The summed E-state index contributed by atoms with van der Waals surface area (Å²) < 4.78 is 10.6. The van der Waals surface area contributed by atoms with E-state index in [4.69, 9.17) is 9.47 Å². The Morgan fingerprint density at radius 3 is 3.11 bits per heavy atom. The molecule has 5 nitrogen and oxygen atoms in total. The molecule has 2 rings (SSSR count). The molecule has 0 N–H and O–H groups in total. The fourth-order valence-electron chi connectivity index (χ4n) is 1.73. The minimum Gasteiger partial charge on any atom is -0.452 e. The highest BCUT2D eigenvalue weighted by molar-refractivity contribution is 5.46. The zero-order chi connectivity index (χ0) is 13.0. The molecule has 5 heteroatoms. The minimum absolute atomic E-state index is 0.550. The first-order valence-electron chi connectivity index (χ1n) is 5.82. The van der Waals surface area contributed by atoms with E-state index in [1.165, 1.54) is 0 Å². The van der Waals surface area contributed by atoms with E-state index in [-0.39, 0.29) is 0 Å². The number of fused-ring (bicyclic) bond motifs is 1. The van der Waals surface area contributed by atoms with Crippen LogP contribution in [0.1, 0.15) is 12.5 Å². The van der Waals surface area contributed by atoms with Crippen molar-refractivity contribution in [2.24, 2.45) is 4.99 Å². The molecule has 18 heavy (non-hydrogen) atoms. The van der Waals surface area contributed by atoms with E-state index in [2.05, 4.69) is 4.99 Å². The lowest BCUT2D eigenvalue weighted by molar-refractivity contribution is -0.117. The smallest absolute Gasteiger partial charge is 0.301 e. The number of hydrogen-bond acceptors (Lipinski definition) is 4. The van der Waals surface area contributed by atoms with Crippen molar-refractivity contribution in [3.05, 3.63) is 34.3 Å². The van der Waals surface area contributed by atoms with Crippen molar-refractivity contribution in [3.8, 4) is 0 Å². The summed E-state index contributed by atoms with van der Waals surface area (Å²) >= 11 is 0. The van der Waals surface area contributed by atoms with Gasteiger partial charge in [0.05, 0.1) is 11.6 Å². The number of ether oxygens (including phenoxy) is 2. The predicted molar refractivity (Wildman–Crippen MR) is 65.7 cm³/mol. The van der Waals surface area contributed by atoms with Crippen LogP contribution in [-0.4, -0.2) is 31.4 Å². The van der Waals surface area contributed by atoms with Gasteiger partial charge in [-0.3, -0.25) is 4.79 Å².